The molecule has 0 radical (unpaired) electrons. The van der Waals surface area contributed by atoms with Crippen LogP contribution in [0.1, 0.15) is 24.0 Å². The summed E-state index contributed by atoms with van der Waals surface area (Å²) in [4.78, 5) is 11.7. The largest absolute Gasteiger partial charge is 0.419 e. The van der Waals surface area contributed by atoms with E-state index in [1.54, 1.807) is 13.1 Å². The molecule has 1 aliphatic carbocycles. The first-order chi connectivity index (χ1) is 11.8. The molecule has 25 heavy (non-hydrogen) atoms. The zero-order valence-electron chi connectivity index (χ0n) is 13.9. The lowest BCUT2D eigenvalue weighted by molar-refractivity contribution is 0.526. The van der Waals surface area contributed by atoms with Crippen molar-refractivity contribution in [2.24, 2.45) is 7.05 Å². The van der Waals surface area contributed by atoms with Gasteiger partial charge < -0.3 is 4.42 Å². The van der Waals surface area contributed by atoms with Crippen LogP contribution in [0.3, 0.4) is 0 Å². The molecule has 1 saturated carbocycles. The van der Waals surface area contributed by atoms with Gasteiger partial charge in [-0.15, -0.1) is 0 Å². The van der Waals surface area contributed by atoms with E-state index < -0.39 is 21.3 Å². The van der Waals surface area contributed by atoms with Crippen LogP contribution in [0.25, 0.3) is 11.1 Å². The van der Waals surface area contributed by atoms with Crippen LogP contribution >= 0.6 is 0 Å². The molecule has 7 heteroatoms. The van der Waals surface area contributed by atoms with Gasteiger partial charge in [-0.05, 0) is 37.5 Å². The van der Waals surface area contributed by atoms with Crippen molar-refractivity contribution in [3.8, 4) is 0 Å². The van der Waals surface area contributed by atoms with Gasteiger partial charge in [0, 0.05) is 13.1 Å². The minimum atomic E-state index is -3.73. The van der Waals surface area contributed by atoms with Crippen LogP contribution in [-0.4, -0.2) is 13.0 Å². The molecule has 1 heterocycles. The maximum atomic E-state index is 12.8. The third kappa shape index (κ3) is 2.69. The molecule has 1 aliphatic rings. The summed E-state index contributed by atoms with van der Waals surface area (Å²) in [5.41, 5.74) is 2.37. The SMILES string of the molecule is Cc1ccc(C2(NS(=O)(=O)c3ccc4c(c3)oc(=O)n4C)CC2)cc1. The number of aryl methyl sites for hydroxylation is 2. The number of hydrogen-bond donors (Lipinski definition) is 1. The Hall–Kier alpha value is -2.38. The Bertz CT molecular complexity index is 1120. The maximum Gasteiger partial charge on any atom is 0.419 e. The summed E-state index contributed by atoms with van der Waals surface area (Å²) in [6.45, 7) is 2.00. The Morgan fingerprint density at radius 3 is 2.44 bits per heavy atom. The van der Waals surface area contributed by atoms with Crippen molar-refractivity contribution in [2.75, 3.05) is 0 Å². The third-order valence-corrected chi connectivity index (χ3v) is 6.29. The van der Waals surface area contributed by atoms with E-state index in [2.05, 4.69) is 4.72 Å². The lowest BCUT2D eigenvalue weighted by Crippen LogP contribution is -2.34. The monoisotopic (exact) mass is 358 g/mol. The summed E-state index contributed by atoms with van der Waals surface area (Å²) in [6.07, 6.45) is 1.52. The van der Waals surface area contributed by atoms with Gasteiger partial charge in [0.15, 0.2) is 5.58 Å². The van der Waals surface area contributed by atoms with Crippen LogP contribution in [0.2, 0.25) is 0 Å². The summed E-state index contributed by atoms with van der Waals surface area (Å²) >= 11 is 0. The molecule has 1 aromatic heterocycles. The van der Waals surface area contributed by atoms with Crippen molar-refractivity contribution >= 4 is 21.1 Å². The summed E-state index contributed by atoms with van der Waals surface area (Å²) in [5, 5.41) is 0. The van der Waals surface area contributed by atoms with E-state index in [0.29, 0.717) is 5.52 Å². The molecule has 1 fully saturated rings. The fourth-order valence-corrected chi connectivity index (χ4v) is 4.51. The number of rotatable bonds is 4. The zero-order chi connectivity index (χ0) is 17.8. The van der Waals surface area contributed by atoms with Crippen molar-refractivity contribution in [1.29, 1.82) is 0 Å². The number of fused-ring (bicyclic) bond motifs is 1. The van der Waals surface area contributed by atoms with Gasteiger partial charge in [-0.1, -0.05) is 29.8 Å². The van der Waals surface area contributed by atoms with E-state index in [-0.39, 0.29) is 10.5 Å². The Morgan fingerprint density at radius 2 is 1.80 bits per heavy atom. The molecule has 0 aliphatic heterocycles. The van der Waals surface area contributed by atoms with Crippen LogP contribution in [-0.2, 0) is 22.6 Å². The Morgan fingerprint density at radius 1 is 1.12 bits per heavy atom. The van der Waals surface area contributed by atoms with Gasteiger partial charge in [0.25, 0.3) is 0 Å². The molecule has 2 aromatic carbocycles. The molecule has 3 aromatic rings. The Balaban J connectivity index is 1.70. The van der Waals surface area contributed by atoms with Crippen LogP contribution < -0.4 is 10.5 Å². The molecule has 0 saturated heterocycles. The number of nitrogens with one attached hydrogen (secondary N) is 1. The second-order valence-electron chi connectivity index (χ2n) is 6.61. The highest BCUT2D eigenvalue weighted by Crippen LogP contribution is 2.46. The van der Waals surface area contributed by atoms with Crippen molar-refractivity contribution in [1.82, 2.24) is 9.29 Å². The van der Waals surface area contributed by atoms with Crippen molar-refractivity contribution in [3.63, 3.8) is 0 Å². The highest BCUT2D eigenvalue weighted by Gasteiger charge is 2.47. The molecular weight excluding hydrogens is 340 g/mol. The number of hydrogen-bond acceptors (Lipinski definition) is 4. The van der Waals surface area contributed by atoms with Crippen LogP contribution in [0, 0.1) is 6.92 Å². The van der Waals surface area contributed by atoms with Crippen LogP contribution in [0.5, 0.6) is 0 Å². The minimum Gasteiger partial charge on any atom is -0.408 e. The van der Waals surface area contributed by atoms with Gasteiger partial charge in [-0.2, -0.15) is 0 Å². The highest BCUT2D eigenvalue weighted by molar-refractivity contribution is 7.89. The van der Waals surface area contributed by atoms with Crippen molar-refractivity contribution < 1.29 is 12.8 Å². The van der Waals surface area contributed by atoms with E-state index in [0.717, 1.165) is 24.0 Å². The highest BCUT2D eigenvalue weighted by atomic mass is 32.2. The average Bonchev–Trinajstić information content (AvgIpc) is 3.28. The Labute approximate surface area is 145 Å². The predicted octanol–water partition coefficient (Wildman–Crippen LogP) is 2.41. The van der Waals surface area contributed by atoms with Crippen LogP contribution in [0.4, 0.5) is 0 Å². The summed E-state index contributed by atoms with van der Waals surface area (Å²) < 4.78 is 34.9. The molecule has 0 unspecified atom stereocenters. The van der Waals surface area contributed by atoms with Gasteiger partial charge in [-0.3, -0.25) is 4.57 Å². The van der Waals surface area contributed by atoms with E-state index in [1.165, 1.54) is 16.7 Å². The first-order valence-electron chi connectivity index (χ1n) is 8.01. The zero-order valence-corrected chi connectivity index (χ0v) is 14.8. The fourth-order valence-electron chi connectivity index (χ4n) is 3.04. The lowest BCUT2D eigenvalue weighted by atomic mass is 10.0. The quantitative estimate of drug-likeness (QED) is 0.776. The summed E-state index contributed by atoms with van der Waals surface area (Å²) in [5.74, 6) is -0.518. The number of sulfonamides is 1. The second-order valence-corrected chi connectivity index (χ2v) is 8.29. The second kappa shape index (κ2) is 5.31. The van der Waals surface area contributed by atoms with Gasteiger partial charge >= 0.3 is 5.76 Å². The number of aromatic nitrogens is 1. The fraction of sp³-hybridized carbons (Fsp3) is 0.278. The first-order valence-corrected chi connectivity index (χ1v) is 9.50. The van der Waals surface area contributed by atoms with Crippen molar-refractivity contribution in [3.05, 3.63) is 64.1 Å². The molecule has 6 nitrogen and oxygen atoms in total. The molecule has 1 N–H and O–H groups in total. The minimum absolute atomic E-state index is 0.0905. The first kappa shape index (κ1) is 16.1. The standard InChI is InChI=1S/C18H18N2O4S/c1-12-3-5-13(6-4-12)18(9-10-18)19-25(22,23)14-7-8-15-16(11-14)24-17(21)20(15)2/h3-8,11,19H,9-10H2,1-2H3. The summed E-state index contributed by atoms with van der Waals surface area (Å²) in [7, 11) is -2.15. The number of nitrogens with zero attached hydrogens (tertiary/aromatic N) is 1. The molecular formula is C18H18N2O4S. The molecule has 0 bridgehead atoms. The van der Waals surface area contributed by atoms with Crippen LogP contribution in [0.15, 0.2) is 56.6 Å². The van der Waals surface area contributed by atoms with E-state index in [9.17, 15) is 13.2 Å². The Kier molecular flexibility index (Phi) is 3.42. The van der Waals surface area contributed by atoms with Crippen molar-refractivity contribution in [2.45, 2.75) is 30.2 Å². The van der Waals surface area contributed by atoms with E-state index in [1.807, 2.05) is 31.2 Å². The van der Waals surface area contributed by atoms with Gasteiger partial charge in [0.2, 0.25) is 10.0 Å². The number of oxazole rings is 1. The third-order valence-electron chi connectivity index (χ3n) is 4.76. The summed E-state index contributed by atoms with van der Waals surface area (Å²) in [6, 6.07) is 12.4. The molecule has 0 amide bonds. The lowest BCUT2D eigenvalue weighted by Gasteiger charge is -2.18. The van der Waals surface area contributed by atoms with Gasteiger partial charge in [-0.25, -0.2) is 17.9 Å². The molecule has 0 atom stereocenters. The maximum absolute atomic E-state index is 12.8. The smallest absolute Gasteiger partial charge is 0.408 e. The molecule has 4 rings (SSSR count). The van der Waals surface area contributed by atoms with E-state index in [4.69, 9.17) is 4.42 Å². The molecule has 0 spiro atoms. The number of benzene rings is 2. The van der Waals surface area contributed by atoms with Gasteiger partial charge in [0.1, 0.15) is 0 Å². The average molecular weight is 358 g/mol. The van der Waals surface area contributed by atoms with Gasteiger partial charge in [0.05, 0.1) is 16.0 Å². The molecule has 130 valence electrons. The normalized spacial score (nSPS) is 16.2. The topological polar surface area (TPSA) is 81.3 Å². The van der Waals surface area contributed by atoms with E-state index >= 15 is 0 Å². The predicted molar refractivity (Wildman–Crippen MR) is 93.9 cm³/mol.